The molecule has 3 aromatic carbocycles. The summed E-state index contributed by atoms with van der Waals surface area (Å²) < 4.78 is 72.4. The highest BCUT2D eigenvalue weighted by atomic mass is 32.2. The summed E-state index contributed by atoms with van der Waals surface area (Å²) in [6.07, 6.45) is 6.18. The molecule has 12 heteroatoms. The van der Waals surface area contributed by atoms with Crippen LogP contribution >= 0.6 is 9.24 Å². The highest BCUT2D eigenvalue weighted by molar-refractivity contribution is 7.96. The van der Waals surface area contributed by atoms with Crippen LogP contribution in [0.25, 0.3) is 11.1 Å². The first kappa shape index (κ1) is 31.7. The van der Waals surface area contributed by atoms with Gasteiger partial charge >= 0.3 is 5.00 Å². The maximum atomic E-state index is 15.2. The lowest BCUT2D eigenvalue weighted by molar-refractivity contribution is -0.121. The zero-order chi connectivity index (χ0) is 31.8. The normalized spacial score (nSPS) is 20.9. The van der Waals surface area contributed by atoms with Crippen molar-refractivity contribution in [3.63, 3.8) is 0 Å². The Morgan fingerprint density at radius 1 is 1.05 bits per heavy atom. The number of fused-ring (bicyclic) bond motifs is 2. The van der Waals surface area contributed by atoms with Crippen molar-refractivity contribution in [3.8, 4) is 16.9 Å². The minimum absolute atomic E-state index is 0.0253. The van der Waals surface area contributed by atoms with Crippen molar-refractivity contribution in [1.29, 1.82) is 0 Å². The fourth-order valence-electron chi connectivity index (χ4n) is 6.03. The van der Waals surface area contributed by atoms with Crippen LogP contribution in [0.1, 0.15) is 35.7 Å². The van der Waals surface area contributed by atoms with E-state index in [1.54, 1.807) is 6.07 Å². The number of sulfone groups is 1. The molecular formula is C32H32F3N2O5PS. The van der Waals surface area contributed by atoms with Crippen LogP contribution in [0.4, 0.5) is 18.9 Å². The summed E-state index contributed by atoms with van der Waals surface area (Å²) in [6, 6.07) is 14.1. The van der Waals surface area contributed by atoms with Crippen molar-refractivity contribution in [2.75, 3.05) is 12.4 Å². The molecule has 2 bridgehead atoms. The van der Waals surface area contributed by atoms with Gasteiger partial charge in [0.1, 0.15) is 11.6 Å². The van der Waals surface area contributed by atoms with E-state index in [0.717, 1.165) is 39.8 Å². The van der Waals surface area contributed by atoms with Gasteiger partial charge in [0.2, 0.25) is 15.7 Å². The molecule has 232 valence electrons. The first-order chi connectivity index (χ1) is 20.8. The molecule has 0 aliphatic heterocycles. The zero-order valence-corrected chi connectivity index (χ0v) is 26.0. The number of benzene rings is 3. The Morgan fingerprint density at radius 2 is 1.77 bits per heavy atom. The first-order valence-corrected chi connectivity index (χ1v) is 16.2. The summed E-state index contributed by atoms with van der Waals surface area (Å²) in [7, 11) is -2.64. The smallest absolute Gasteiger partial charge is 0.359 e. The van der Waals surface area contributed by atoms with Gasteiger partial charge in [0.05, 0.1) is 23.5 Å². The van der Waals surface area contributed by atoms with E-state index in [-0.39, 0.29) is 34.4 Å². The Balaban J connectivity index is 1.40. The summed E-state index contributed by atoms with van der Waals surface area (Å²) in [5.74, 6) is -2.65. The average molecular weight is 645 g/mol. The van der Waals surface area contributed by atoms with E-state index in [0.29, 0.717) is 12.0 Å². The Morgan fingerprint density at radius 3 is 2.48 bits per heavy atom. The number of nitrogens with one attached hydrogen (secondary N) is 2. The number of ether oxygens (including phenoxy) is 1. The standard InChI is InChI=1S/C32H32F3N2O5PS/c1-3-6-18-7-4-8-19(13-18)24-16-25(27(42-2)17-26(24)33)30(38)37-29-21-12-11-20(14-21)28(29)31(39)36-22-9-5-10-23(15-22)44(40,41)32(34,35)43/h4-5,7-13,15-17,20-21,28-29H,3,6,14,43H2,1-2H3,(H,36,39)(H,37,38)/t20-,21+,28+,29-/m1/s1. The molecule has 2 amide bonds. The van der Waals surface area contributed by atoms with Gasteiger partial charge in [-0.2, -0.15) is 8.78 Å². The molecular weight excluding hydrogens is 612 g/mol. The van der Waals surface area contributed by atoms with Gasteiger partial charge in [0.25, 0.3) is 5.91 Å². The average Bonchev–Trinajstić information content (AvgIpc) is 3.59. The monoisotopic (exact) mass is 644 g/mol. The van der Waals surface area contributed by atoms with Crippen molar-refractivity contribution in [1.82, 2.24) is 5.32 Å². The molecule has 1 saturated carbocycles. The second-order valence-electron chi connectivity index (χ2n) is 11.0. The second kappa shape index (κ2) is 12.4. The number of amides is 2. The Bertz CT molecular complexity index is 1740. The number of alkyl halides is 2. The van der Waals surface area contributed by atoms with Gasteiger partial charge in [-0.15, -0.1) is 0 Å². The molecule has 2 aliphatic rings. The van der Waals surface area contributed by atoms with Gasteiger partial charge in [-0.25, -0.2) is 12.8 Å². The summed E-state index contributed by atoms with van der Waals surface area (Å²) >= 11 is 0. The summed E-state index contributed by atoms with van der Waals surface area (Å²) in [4.78, 5) is 22.5. The summed E-state index contributed by atoms with van der Waals surface area (Å²) in [6.45, 7) is 2.05. The molecule has 2 aliphatic carbocycles. The minimum Gasteiger partial charge on any atom is -0.496 e. The topological polar surface area (TPSA) is 102 Å². The predicted octanol–water partition coefficient (Wildman–Crippen LogP) is 6.21. The van der Waals surface area contributed by atoms with E-state index < -0.39 is 49.3 Å². The number of rotatable bonds is 10. The van der Waals surface area contributed by atoms with E-state index in [1.807, 2.05) is 30.4 Å². The number of methoxy groups -OCH3 is 1. The van der Waals surface area contributed by atoms with Crippen LogP contribution < -0.4 is 15.4 Å². The van der Waals surface area contributed by atoms with Crippen molar-refractivity contribution >= 4 is 36.6 Å². The Hall–Kier alpha value is -3.69. The van der Waals surface area contributed by atoms with E-state index in [1.165, 1.54) is 31.4 Å². The number of anilines is 1. The highest BCUT2D eigenvalue weighted by Gasteiger charge is 2.49. The molecule has 1 unspecified atom stereocenters. The lowest BCUT2D eigenvalue weighted by Gasteiger charge is -2.28. The van der Waals surface area contributed by atoms with Crippen molar-refractivity contribution in [3.05, 3.63) is 89.8 Å². The third kappa shape index (κ3) is 6.13. The molecule has 2 N–H and O–H groups in total. The van der Waals surface area contributed by atoms with Gasteiger partial charge in [0, 0.05) is 23.4 Å². The van der Waals surface area contributed by atoms with E-state index in [4.69, 9.17) is 4.74 Å². The molecule has 7 nitrogen and oxygen atoms in total. The fourth-order valence-corrected chi connectivity index (χ4v) is 7.30. The maximum absolute atomic E-state index is 15.2. The second-order valence-corrected chi connectivity index (χ2v) is 14.2. The molecule has 0 saturated heterocycles. The van der Waals surface area contributed by atoms with Crippen LogP contribution in [0.15, 0.2) is 77.7 Å². The molecule has 0 radical (unpaired) electrons. The molecule has 44 heavy (non-hydrogen) atoms. The molecule has 5 atom stereocenters. The third-order valence-corrected chi connectivity index (χ3v) is 10.7. The number of halogens is 3. The molecule has 0 heterocycles. The van der Waals surface area contributed by atoms with E-state index >= 15 is 4.39 Å². The van der Waals surface area contributed by atoms with E-state index in [9.17, 15) is 26.8 Å². The van der Waals surface area contributed by atoms with Gasteiger partial charge < -0.3 is 15.4 Å². The largest absolute Gasteiger partial charge is 0.496 e. The van der Waals surface area contributed by atoms with Crippen LogP contribution in [0.2, 0.25) is 0 Å². The number of hydrogen-bond acceptors (Lipinski definition) is 5. The lowest BCUT2D eigenvalue weighted by Crippen LogP contribution is -2.47. The number of carbonyl (C=O) groups excluding carboxylic acids is 2. The van der Waals surface area contributed by atoms with Crippen LogP contribution in [-0.4, -0.2) is 38.4 Å². The molecule has 3 aromatic rings. The number of allylic oxidation sites excluding steroid dienone is 1. The predicted molar refractivity (Wildman–Crippen MR) is 165 cm³/mol. The summed E-state index contributed by atoms with van der Waals surface area (Å²) in [5, 5.41) is 5.59. The van der Waals surface area contributed by atoms with Crippen LogP contribution in [0, 0.1) is 23.6 Å². The first-order valence-electron chi connectivity index (χ1n) is 14.1. The van der Waals surface area contributed by atoms with Gasteiger partial charge in [-0.05, 0) is 69.3 Å². The van der Waals surface area contributed by atoms with Crippen molar-refractivity contribution < 1.29 is 35.9 Å². The van der Waals surface area contributed by atoms with Crippen molar-refractivity contribution in [2.24, 2.45) is 17.8 Å². The Kier molecular flexibility index (Phi) is 8.92. The molecule has 5 rings (SSSR count). The van der Waals surface area contributed by atoms with Gasteiger partial charge in [-0.3, -0.25) is 9.59 Å². The van der Waals surface area contributed by atoms with Crippen LogP contribution in [0.3, 0.4) is 0 Å². The molecule has 1 fully saturated rings. The van der Waals surface area contributed by atoms with Crippen molar-refractivity contribution in [2.45, 2.75) is 42.1 Å². The van der Waals surface area contributed by atoms with Gasteiger partial charge in [0.15, 0.2) is 0 Å². The molecule has 0 aromatic heterocycles. The maximum Gasteiger partial charge on any atom is 0.359 e. The van der Waals surface area contributed by atoms with Crippen LogP contribution in [0.5, 0.6) is 5.75 Å². The van der Waals surface area contributed by atoms with Crippen LogP contribution in [-0.2, 0) is 21.1 Å². The number of hydrogen-bond donors (Lipinski definition) is 2. The summed E-state index contributed by atoms with van der Waals surface area (Å²) in [5.41, 5.74) is 2.03. The highest BCUT2D eigenvalue weighted by Crippen LogP contribution is 2.45. The fraction of sp³-hybridized carbons (Fsp3) is 0.312. The number of aryl methyl sites for hydroxylation is 1. The molecule has 0 spiro atoms. The van der Waals surface area contributed by atoms with E-state index in [2.05, 4.69) is 17.6 Å². The zero-order valence-electron chi connectivity index (χ0n) is 24.0. The minimum atomic E-state index is -4.99. The third-order valence-electron chi connectivity index (χ3n) is 8.14. The lowest BCUT2D eigenvalue weighted by atomic mass is 9.87. The number of carbonyl (C=O) groups is 2. The SMILES string of the molecule is CCCc1cccc(-c2cc(C(=O)N[C@H]3[C@@H](C(=O)Nc4cccc(S(=O)(=O)C(F)(F)P)c4)[C@@H]4C=C[C@H]3C4)c(OC)cc2F)c1. The quantitative estimate of drug-likeness (QED) is 0.202. The Labute approximate surface area is 256 Å². The van der Waals surface area contributed by atoms with Gasteiger partial charge in [-0.1, -0.05) is 55.8 Å².